The average Bonchev–Trinajstić information content (AvgIpc) is 2.49. The fourth-order valence-electron chi connectivity index (χ4n) is 1.78. The van der Waals surface area contributed by atoms with Crippen LogP contribution in [0.4, 0.5) is 0 Å². The molecule has 21 heavy (non-hydrogen) atoms. The third-order valence-electron chi connectivity index (χ3n) is 2.75. The Kier molecular flexibility index (Phi) is 5.97. The summed E-state index contributed by atoms with van der Waals surface area (Å²) in [6.07, 6.45) is 0. The van der Waals surface area contributed by atoms with Gasteiger partial charge in [0, 0.05) is 4.90 Å². The average molecular weight is 341 g/mol. The zero-order chi connectivity index (χ0) is 15.2. The number of hydrogen-bond donors (Lipinski definition) is 0. The van der Waals surface area contributed by atoms with Crippen LogP contribution in [0.1, 0.15) is 17.7 Å². The molecule has 2 aromatic carbocycles. The van der Waals surface area contributed by atoms with Crippen molar-refractivity contribution in [2.75, 3.05) is 6.61 Å². The molecule has 110 valence electrons. The molecule has 0 fully saturated rings. The monoisotopic (exact) mass is 340 g/mol. The van der Waals surface area contributed by atoms with Crippen molar-refractivity contribution in [2.24, 2.45) is 0 Å². The molecule has 1 unspecified atom stereocenters. The maximum atomic E-state index is 12.2. The summed E-state index contributed by atoms with van der Waals surface area (Å²) in [5.41, 5.74) is 0.895. The van der Waals surface area contributed by atoms with Crippen LogP contribution in [0.3, 0.4) is 0 Å². The van der Waals surface area contributed by atoms with E-state index in [1.807, 2.05) is 36.4 Å². The summed E-state index contributed by atoms with van der Waals surface area (Å²) < 4.78 is 5.17. The highest BCUT2D eigenvalue weighted by Crippen LogP contribution is 2.38. The molecule has 0 spiro atoms. The van der Waals surface area contributed by atoms with Crippen LogP contribution in [0.5, 0.6) is 0 Å². The smallest absolute Gasteiger partial charge is 0.323 e. The first-order valence-corrected chi connectivity index (χ1v) is 8.08. The minimum Gasteiger partial charge on any atom is -0.465 e. The van der Waals surface area contributed by atoms with E-state index >= 15 is 0 Å². The molecule has 0 aliphatic heterocycles. The third kappa shape index (κ3) is 4.40. The fraction of sp³-hybridized carbons (Fsp3) is 0.188. The summed E-state index contributed by atoms with van der Waals surface area (Å²) in [5, 5.41) is 0.536. The van der Waals surface area contributed by atoms with Crippen LogP contribution in [0.15, 0.2) is 53.4 Å². The number of halogens is 2. The molecule has 0 amide bonds. The van der Waals surface area contributed by atoms with Gasteiger partial charge in [0.05, 0.1) is 16.7 Å². The van der Waals surface area contributed by atoms with Crippen LogP contribution in [0.25, 0.3) is 0 Å². The van der Waals surface area contributed by atoms with Gasteiger partial charge in [0.1, 0.15) is 5.25 Å². The molecule has 0 aliphatic carbocycles. The molecule has 2 nitrogen and oxygen atoms in total. The fourth-order valence-corrected chi connectivity index (χ4v) is 3.21. The van der Waals surface area contributed by atoms with Gasteiger partial charge in [-0.15, -0.1) is 11.8 Å². The van der Waals surface area contributed by atoms with Gasteiger partial charge in [-0.1, -0.05) is 53.5 Å². The number of hydrogen-bond acceptors (Lipinski definition) is 3. The Morgan fingerprint density at radius 1 is 1.14 bits per heavy atom. The van der Waals surface area contributed by atoms with E-state index in [1.54, 1.807) is 19.1 Å². The van der Waals surface area contributed by atoms with Gasteiger partial charge in [-0.25, -0.2) is 0 Å². The van der Waals surface area contributed by atoms with Crippen LogP contribution in [0, 0.1) is 0 Å². The highest BCUT2D eigenvalue weighted by molar-refractivity contribution is 8.00. The van der Waals surface area contributed by atoms with E-state index in [-0.39, 0.29) is 5.97 Å². The highest BCUT2D eigenvalue weighted by Gasteiger charge is 2.23. The molecule has 0 radical (unpaired) electrons. The van der Waals surface area contributed by atoms with Crippen molar-refractivity contribution in [3.05, 3.63) is 64.1 Å². The Balaban J connectivity index is 2.27. The van der Waals surface area contributed by atoms with Crippen LogP contribution in [0.2, 0.25) is 10.0 Å². The summed E-state index contributed by atoms with van der Waals surface area (Å²) in [4.78, 5) is 13.1. The molecule has 2 aromatic rings. The highest BCUT2D eigenvalue weighted by atomic mass is 35.5. The summed E-state index contributed by atoms with van der Waals surface area (Å²) in [5.74, 6) is -0.264. The van der Waals surface area contributed by atoms with E-state index in [0.717, 1.165) is 10.5 Å². The second-order valence-electron chi connectivity index (χ2n) is 4.24. The Hall–Kier alpha value is -1.16. The van der Waals surface area contributed by atoms with E-state index < -0.39 is 5.25 Å². The van der Waals surface area contributed by atoms with Crippen LogP contribution in [-0.4, -0.2) is 12.6 Å². The number of esters is 1. The lowest BCUT2D eigenvalue weighted by Gasteiger charge is -2.16. The van der Waals surface area contributed by atoms with E-state index in [2.05, 4.69) is 0 Å². The van der Waals surface area contributed by atoms with Gasteiger partial charge in [0.2, 0.25) is 0 Å². The van der Waals surface area contributed by atoms with Crippen molar-refractivity contribution in [2.45, 2.75) is 17.1 Å². The minimum atomic E-state index is -0.427. The number of ether oxygens (including phenoxy) is 1. The summed E-state index contributed by atoms with van der Waals surface area (Å²) in [6, 6.07) is 14.8. The first kappa shape index (κ1) is 16.2. The van der Waals surface area contributed by atoms with Gasteiger partial charge in [0.15, 0.2) is 0 Å². The predicted octanol–water partition coefficient (Wildman–Crippen LogP) is 5.39. The van der Waals surface area contributed by atoms with E-state index in [1.165, 1.54) is 11.8 Å². The lowest BCUT2D eigenvalue weighted by Crippen LogP contribution is -2.13. The number of rotatable bonds is 5. The summed E-state index contributed by atoms with van der Waals surface area (Å²) >= 11 is 13.3. The predicted molar refractivity (Wildman–Crippen MR) is 88.1 cm³/mol. The number of carbonyl (C=O) groups is 1. The van der Waals surface area contributed by atoms with Crippen LogP contribution < -0.4 is 0 Å². The largest absolute Gasteiger partial charge is 0.465 e. The molecule has 0 aliphatic rings. The zero-order valence-corrected chi connectivity index (χ0v) is 13.7. The van der Waals surface area contributed by atoms with Gasteiger partial charge in [-0.2, -0.15) is 0 Å². The summed E-state index contributed by atoms with van der Waals surface area (Å²) in [7, 11) is 0. The maximum absolute atomic E-state index is 12.2. The SMILES string of the molecule is CCOC(=O)C(Sc1ccc(Cl)c(Cl)c1)c1ccccc1. The van der Waals surface area contributed by atoms with Crippen molar-refractivity contribution in [1.82, 2.24) is 0 Å². The van der Waals surface area contributed by atoms with Crippen molar-refractivity contribution in [3.8, 4) is 0 Å². The van der Waals surface area contributed by atoms with E-state index in [0.29, 0.717) is 16.7 Å². The van der Waals surface area contributed by atoms with Crippen LogP contribution in [-0.2, 0) is 9.53 Å². The third-order valence-corrected chi connectivity index (χ3v) is 4.71. The normalized spacial score (nSPS) is 12.0. The van der Waals surface area contributed by atoms with Gasteiger partial charge in [0.25, 0.3) is 0 Å². The molecule has 2 rings (SSSR count). The number of thioether (sulfide) groups is 1. The minimum absolute atomic E-state index is 0.264. The lowest BCUT2D eigenvalue weighted by atomic mass is 10.1. The van der Waals surface area contributed by atoms with Gasteiger partial charge in [-0.3, -0.25) is 4.79 Å². The molecule has 0 bridgehead atoms. The summed E-state index contributed by atoms with van der Waals surface area (Å²) in [6.45, 7) is 2.15. The quantitative estimate of drug-likeness (QED) is 0.539. The molecule has 0 N–H and O–H groups in total. The van der Waals surface area contributed by atoms with Gasteiger partial charge in [-0.05, 0) is 30.7 Å². The number of carbonyl (C=O) groups excluding carboxylic acids is 1. The first-order chi connectivity index (χ1) is 10.1. The molecule has 1 atom stereocenters. The van der Waals surface area contributed by atoms with Gasteiger partial charge < -0.3 is 4.74 Å². The molecule has 5 heteroatoms. The first-order valence-electron chi connectivity index (χ1n) is 6.45. The van der Waals surface area contributed by atoms with Crippen LogP contribution >= 0.6 is 35.0 Å². The maximum Gasteiger partial charge on any atom is 0.323 e. The van der Waals surface area contributed by atoms with E-state index in [4.69, 9.17) is 27.9 Å². The molecule has 0 heterocycles. The van der Waals surface area contributed by atoms with Crippen molar-refractivity contribution in [1.29, 1.82) is 0 Å². The Morgan fingerprint density at radius 3 is 2.48 bits per heavy atom. The Bertz CT molecular complexity index is 617. The van der Waals surface area contributed by atoms with Gasteiger partial charge >= 0.3 is 5.97 Å². The zero-order valence-electron chi connectivity index (χ0n) is 11.4. The molecule has 0 aromatic heterocycles. The standard InChI is InChI=1S/C16H14Cl2O2S/c1-2-20-16(19)15(11-6-4-3-5-7-11)21-12-8-9-13(17)14(18)10-12/h3-10,15H,2H2,1H3. The van der Waals surface area contributed by atoms with Crippen molar-refractivity contribution in [3.63, 3.8) is 0 Å². The molecular formula is C16H14Cl2O2S. The Labute approximate surface area is 138 Å². The van der Waals surface area contributed by atoms with Crippen molar-refractivity contribution < 1.29 is 9.53 Å². The Morgan fingerprint density at radius 2 is 1.86 bits per heavy atom. The number of benzene rings is 2. The molecular weight excluding hydrogens is 327 g/mol. The molecule has 0 saturated heterocycles. The second kappa shape index (κ2) is 7.74. The van der Waals surface area contributed by atoms with Crippen molar-refractivity contribution >= 4 is 40.9 Å². The molecule has 0 saturated carbocycles. The lowest BCUT2D eigenvalue weighted by molar-refractivity contribution is -0.142. The topological polar surface area (TPSA) is 26.3 Å². The van der Waals surface area contributed by atoms with E-state index in [9.17, 15) is 4.79 Å². The second-order valence-corrected chi connectivity index (χ2v) is 6.23.